The quantitative estimate of drug-likeness (QED) is 0.815. The van der Waals surface area contributed by atoms with Crippen LogP contribution in [0.3, 0.4) is 0 Å². The first-order chi connectivity index (χ1) is 8.58. The molecule has 1 saturated carbocycles. The summed E-state index contributed by atoms with van der Waals surface area (Å²) in [7, 11) is 0. The third kappa shape index (κ3) is 3.05. The van der Waals surface area contributed by atoms with Crippen LogP contribution in [0.2, 0.25) is 0 Å². The van der Waals surface area contributed by atoms with Gasteiger partial charge in [-0.05, 0) is 37.5 Å². The van der Waals surface area contributed by atoms with Crippen LogP contribution >= 0.6 is 15.9 Å². The largest absolute Gasteiger partial charge is 0.397 e. The summed E-state index contributed by atoms with van der Waals surface area (Å²) in [5.74, 6) is 0.260. The Morgan fingerprint density at radius 2 is 2.00 bits per heavy atom. The van der Waals surface area contributed by atoms with Crippen LogP contribution in [0.5, 0.6) is 0 Å². The van der Waals surface area contributed by atoms with E-state index < -0.39 is 0 Å². The van der Waals surface area contributed by atoms with Crippen molar-refractivity contribution < 1.29 is 4.79 Å². The van der Waals surface area contributed by atoms with Gasteiger partial charge in [-0.2, -0.15) is 0 Å². The van der Waals surface area contributed by atoms with Crippen LogP contribution < -0.4 is 11.1 Å². The predicted octanol–water partition coefficient (Wildman–Crippen LogP) is 3.86. The molecule has 0 radical (unpaired) electrons. The zero-order valence-electron chi connectivity index (χ0n) is 10.6. The average Bonchev–Trinajstić information content (AvgIpc) is 2.36. The van der Waals surface area contributed by atoms with Crippen LogP contribution in [-0.4, -0.2) is 5.91 Å². The van der Waals surface area contributed by atoms with Crippen LogP contribution in [0.15, 0.2) is 16.6 Å². The molecule has 1 aliphatic rings. The van der Waals surface area contributed by atoms with E-state index in [0.717, 1.165) is 41.4 Å². The van der Waals surface area contributed by atoms with Gasteiger partial charge in [0.2, 0.25) is 5.91 Å². The number of amides is 1. The number of nitrogen functional groups attached to an aromatic ring is 1. The van der Waals surface area contributed by atoms with Crippen molar-refractivity contribution in [2.45, 2.75) is 39.0 Å². The maximum atomic E-state index is 12.2. The molecule has 0 aliphatic heterocycles. The standard InChI is InChI=1S/C14H19BrN2O/c1-9-7-11(15)8-12(13(9)16)17-14(18)10-5-3-2-4-6-10/h7-8,10H,2-6,16H2,1H3,(H,17,18). The molecular weight excluding hydrogens is 292 g/mol. The Balaban J connectivity index is 2.11. The molecule has 0 spiro atoms. The van der Waals surface area contributed by atoms with Crippen molar-refractivity contribution in [1.29, 1.82) is 0 Å². The molecule has 1 amide bonds. The zero-order valence-corrected chi connectivity index (χ0v) is 12.2. The fourth-order valence-corrected chi connectivity index (χ4v) is 3.03. The van der Waals surface area contributed by atoms with Crippen molar-refractivity contribution in [2.75, 3.05) is 11.1 Å². The third-order valence-corrected chi connectivity index (χ3v) is 4.04. The van der Waals surface area contributed by atoms with Crippen molar-refractivity contribution in [2.24, 2.45) is 5.92 Å². The van der Waals surface area contributed by atoms with Gasteiger partial charge < -0.3 is 11.1 Å². The zero-order chi connectivity index (χ0) is 13.1. The molecule has 3 N–H and O–H groups in total. The van der Waals surface area contributed by atoms with E-state index in [1.54, 1.807) is 0 Å². The lowest BCUT2D eigenvalue weighted by Crippen LogP contribution is -2.25. The Kier molecular flexibility index (Phi) is 4.27. The summed E-state index contributed by atoms with van der Waals surface area (Å²) in [6, 6.07) is 3.81. The van der Waals surface area contributed by atoms with E-state index in [1.165, 1.54) is 6.42 Å². The van der Waals surface area contributed by atoms with Gasteiger partial charge in [0.15, 0.2) is 0 Å². The lowest BCUT2D eigenvalue weighted by atomic mass is 9.88. The lowest BCUT2D eigenvalue weighted by Gasteiger charge is -2.21. The molecule has 2 rings (SSSR count). The smallest absolute Gasteiger partial charge is 0.227 e. The fourth-order valence-electron chi connectivity index (χ4n) is 2.46. The highest BCUT2D eigenvalue weighted by atomic mass is 79.9. The SMILES string of the molecule is Cc1cc(Br)cc(NC(=O)C2CCCCC2)c1N. The molecule has 1 aliphatic carbocycles. The fraction of sp³-hybridized carbons (Fsp3) is 0.500. The summed E-state index contributed by atoms with van der Waals surface area (Å²) >= 11 is 3.43. The molecule has 0 bridgehead atoms. The molecule has 1 fully saturated rings. The second kappa shape index (κ2) is 5.74. The summed E-state index contributed by atoms with van der Waals surface area (Å²) in [4.78, 5) is 12.2. The topological polar surface area (TPSA) is 55.1 Å². The number of carbonyl (C=O) groups excluding carboxylic acids is 1. The van der Waals surface area contributed by atoms with Gasteiger partial charge in [0, 0.05) is 10.4 Å². The molecule has 98 valence electrons. The van der Waals surface area contributed by atoms with E-state index in [4.69, 9.17) is 5.73 Å². The molecule has 0 saturated heterocycles. The normalized spacial score (nSPS) is 16.6. The lowest BCUT2D eigenvalue weighted by molar-refractivity contribution is -0.120. The molecular formula is C14H19BrN2O. The number of anilines is 2. The van der Waals surface area contributed by atoms with E-state index in [2.05, 4.69) is 21.2 Å². The number of halogens is 1. The first kappa shape index (κ1) is 13.4. The van der Waals surface area contributed by atoms with Gasteiger partial charge in [-0.25, -0.2) is 0 Å². The molecule has 3 nitrogen and oxygen atoms in total. The maximum Gasteiger partial charge on any atom is 0.227 e. The van der Waals surface area contributed by atoms with Crippen LogP contribution in [0.1, 0.15) is 37.7 Å². The Bertz CT molecular complexity index is 453. The van der Waals surface area contributed by atoms with Crippen molar-refractivity contribution in [3.8, 4) is 0 Å². The van der Waals surface area contributed by atoms with E-state index in [0.29, 0.717) is 5.69 Å². The predicted molar refractivity (Wildman–Crippen MR) is 78.5 cm³/mol. The van der Waals surface area contributed by atoms with Crippen LogP contribution in [0, 0.1) is 12.8 Å². The van der Waals surface area contributed by atoms with Gasteiger partial charge in [-0.3, -0.25) is 4.79 Å². The van der Waals surface area contributed by atoms with E-state index >= 15 is 0 Å². The highest BCUT2D eigenvalue weighted by molar-refractivity contribution is 9.10. The number of hydrogen-bond acceptors (Lipinski definition) is 2. The number of carbonyl (C=O) groups is 1. The van der Waals surface area contributed by atoms with Crippen LogP contribution in [0.4, 0.5) is 11.4 Å². The Morgan fingerprint density at radius 1 is 1.33 bits per heavy atom. The van der Waals surface area contributed by atoms with Gasteiger partial charge in [0.1, 0.15) is 0 Å². The van der Waals surface area contributed by atoms with Crippen molar-refractivity contribution in [3.05, 3.63) is 22.2 Å². The number of nitrogens with one attached hydrogen (secondary N) is 1. The molecule has 0 heterocycles. The van der Waals surface area contributed by atoms with Crippen molar-refractivity contribution >= 4 is 33.2 Å². The van der Waals surface area contributed by atoms with E-state index in [9.17, 15) is 4.79 Å². The van der Waals surface area contributed by atoms with Gasteiger partial charge in [0.25, 0.3) is 0 Å². The number of rotatable bonds is 2. The second-order valence-corrected chi connectivity index (χ2v) is 5.92. The number of nitrogens with two attached hydrogens (primary N) is 1. The monoisotopic (exact) mass is 310 g/mol. The molecule has 0 aromatic heterocycles. The second-order valence-electron chi connectivity index (χ2n) is 5.01. The van der Waals surface area contributed by atoms with Gasteiger partial charge in [-0.15, -0.1) is 0 Å². The number of aryl methyl sites for hydroxylation is 1. The Hall–Kier alpha value is -1.03. The molecule has 4 heteroatoms. The van der Waals surface area contributed by atoms with E-state index in [1.807, 2.05) is 19.1 Å². The summed E-state index contributed by atoms with van der Waals surface area (Å²) in [6.07, 6.45) is 5.57. The highest BCUT2D eigenvalue weighted by Gasteiger charge is 2.21. The van der Waals surface area contributed by atoms with Gasteiger partial charge in [0.05, 0.1) is 11.4 Å². The summed E-state index contributed by atoms with van der Waals surface area (Å²) < 4.78 is 0.938. The molecule has 1 aromatic rings. The first-order valence-electron chi connectivity index (χ1n) is 6.44. The molecule has 18 heavy (non-hydrogen) atoms. The highest BCUT2D eigenvalue weighted by Crippen LogP contribution is 2.30. The molecule has 0 unspecified atom stereocenters. The van der Waals surface area contributed by atoms with Gasteiger partial charge in [-0.1, -0.05) is 35.2 Å². The first-order valence-corrected chi connectivity index (χ1v) is 7.23. The summed E-state index contributed by atoms with van der Waals surface area (Å²) in [5.41, 5.74) is 8.34. The van der Waals surface area contributed by atoms with Crippen LogP contribution in [0.25, 0.3) is 0 Å². The Labute approximate surface area is 116 Å². The van der Waals surface area contributed by atoms with Crippen molar-refractivity contribution in [1.82, 2.24) is 0 Å². The summed E-state index contributed by atoms with van der Waals surface area (Å²) in [5, 5.41) is 2.97. The summed E-state index contributed by atoms with van der Waals surface area (Å²) in [6.45, 7) is 1.94. The van der Waals surface area contributed by atoms with Crippen LogP contribution in [-0.2, 0) is 4.79 Å². The molecule has 1 aromatic carbocycles. The minimum atomic E-state index is 0.110. The molecule has 0 atom stereocenters. The Morgan fingerprint density at radius 3 is 2.67 bits per heavy atom. The maximum absolute atomic E-state index is 12.2. The minimum absolute atomic E-state index is 0.110. The van der Waals surface area contributed by atoms with E-state index in [-0.39, 0.29) is 11.8 Å². The number of benzene rings is 1. The van der Waals surface area contributed by atoms with Crippen molar-refractivity contribution in [3.63, 3.8) is 0 Å². The van der Waals surface area contributed by atoms with Gasteiger partial charge >= 0.3 is 0 Å². The third-order valence-electron chi connectivity index (χ3n) is 3.59. The number of hydrogen-bond donors (Lipinski definition) is 2. The average molecular weight is 311 g/mol. The minimum Gasteiger partial charge on any atom is -0.397 e.